The number of rotatable bonds is 7. The second-order valence-corrected chi connectivity index (χ2v) is 8.00. The van der Waals surface area contributed by atoms with E-state index in [1.807, 2.05) is 30.3 Å². The smallest absolute Gasteiger partial charge is 0.243 e. The molecule has 1 atom stereocenters. The number of carbonyl (C=O) groups is 1. The lowest BCUT2D eigenvalue weighted by Gasteiger charge is -2.35. The van der Waals surface area contributed by atoms with Gasteiger partial charge in [0.2, 0.25) is 5.91 Å². The number of benzene rings is 1. The van der Waals surface area contributed by atoms with Gasteiger partial charge in [-0.2, -0.15) is 0 Å². The van der Waals surface area contributed by atoms with E-state index in [9.17, 15) is 4.79 Å². The number of halogens is 2. The molecule has 1 amide bonds. The second kappa shape index (κ2) is 12.8. The highest BCUT2D eigenvalue weighted by Gasteiger charge is 2.22. The number of likely N-dealkylation sites (N-methyl/N-ethyl adjacent to an activating group) is 1. The maximum absolute atomic E-state index is 12.0. The normalized spacial score (nSPS) is 16.4. The van der Waals surface area contributed by atoms with E-state index in [-0.39, 0.29) is 42.5 Å². The number of hydrogen-bond donors (Lipinski definition) is 2. The lowest BCUT2D eigenvalue weighted by Crippen LogP contribution is -2.51. The number of piperidine rings is 1. The Morgan fingerprint density at radius 1 is 1.29 bits per heavy atom. The van der Waals surface area contributed by atoms with Crippen LogP contribution in [0.2, 0.25) is 5.02 Å². The molecule has 1 unspecified atom stereocenters. The van der Waals surface area contributed by atoms with E-state index in [2.05, 4.69) is 26.6 Å². The van der Waals surface area contributed by atoms with Crippen LogP contribution in [-0.2, 0) is 11.2 Å². The summed E-state index contributed by atoms with van der Waals surface area (Å²) in [6.45, 7) is 2.56. The van der Waals surface area contributed by atoms with Crippen LogP contribution in [0, 0.1) is 0 Å². The Balaban J connectivity index is 0.00000341. The molecule has 0 aliphatic carbocycles. The molecule has 3 rings (SSSR count). The number of nitrogens with zero attached hydrogens (tertiary/aromatic N) is 3. The molecule has 0 saturated carbocycles. The molecular weight excluding hydrogens is 529 g/mol. The van der Waals surface area contributed by atoms with E-state index >= 15 is 0 Å². The van der Waals surface area contributed by atoms with E-state index < -0.39 is 0 Å². The van der Waals surface area contributed by atoms with Crippen LogP contribution < -0.4 is 15.5 Å². The average Bonchev–Trinajstić information content (AvgIpc) is 3.25. The molecule has 7 nitrogen and oxygen atoms in total. The summed E-state index contributed by atoms with van der Waals surface area (Å²) >= 11 is 6.39. The van der Waals surface area contributed by atoms with Gasteiger partial charge in [-0.25, -0.2) is 4.99 Å². The van der Waals surface area contributed by atoms with Gasteiger partial charge in [-0.1, -0.05) is 23.7 Å². The number of hydrogen-bond acceptors (Lipinski definition) is 4. The summed E-state index contributed by atoms with van der Waals surface area (Å²) in [4.78, 5) is 20.3. The Morgan fingerprint density at radius 2 is 2.10 bits per heavy atom. The first kappa shape index (κ1) is 25.3. The van der Waals surface area contributed by atoms with Crippen LogP contribution >= 0.6 is 35.6 Å². The number of guanidine groups is 1. The SMILES string of the molecule is CN(C)C(=O)CN=C(NCCc1ccco1)NC1CCCN(c2ccccc2Cl)C1.I. The average molecular weight is 560 g/mol. The highest BCUT2D eigenvalue weighted by molar-refractivity contribution is 14.0. The molecule has 1 aromatic heterocycles. The number of anilines is 1. The van der Waals surface area contributed by atoms with Gasteiger partial charge in [-0.15, -0.1) is 24.0 Å². The Hall–Kier alpha value is -1.94. The molecule has 9 heteroatoms. The van der Waals surface area contributed by atoms with E-state index in [4.69, 9.17) is 16.0 Å². The van der Waals surface area contributed by atoms with E-state index in [1.165, 1.54) is 0 Å². The van der Waals surface area contributed by atoms with Gasteiger partial charge >= 0.3 is 0 Å². The van der Waals surface area contributed by atoms with Crippen molar-refractivity contribution >= 4 is 53.1 Å². The van der Waals surface area contributed by atoms with Gasteiger partial charge in [0.05, 0.1) is 17.0 Å². The summed E-state index contributed by atoms with van der Waals surface area (Å²) in [5, 5.41) is 7.60. The van der Waals surface area contributed by atoms with Crippen molar-refractivity contribution in [1.29, 1.82) is 0 Å². The predicted molar refractivity (Wildman–Crippen MR) is 137 cm³/mol. The molecule has 1 saturated heterocycles. The lowest BCUT2D eigenvalue weighted by atomic mass is 10.0. The quantitative estimate of drug-likeness (QED) is 0.309. The van der Waals surface area contributed by atoms with Gasteiger partial charge in [0.1, 0.15) is 12.3 Å². The molecule has 1 aliphatic heterocycles. The first-order valence-electron chi connectivity index (χ1n) is 10.3. The van der Waals surface area contributed by atoms with Crippen molar-refractivity contribution in [3.8, 4) is 0 Å². The van der Waals surface area contributed by atoms with E-state index in [1.54, 1.807) is 25.3 Å². The van der Waals surface area contributed by atoms with Crippen molar-refractivity contribution in [2.24, 2.45) is 4.99 Å². The first-order chi connectivity index (χ1) is 14.5. The lowest BCUT2D eigenvalue weighted by molar-refractivity contribution is -0.127. The number of para-hydroxylation sites is 1. The molecule has 1 aliphatic rings. The largest absolute Gasteiger partial charge is 0.469 e. The number of furan rings is 1. The summed E-state index contributed by atoms with van der Waals surface area (Å²) < 4.78 is 5.39. The summed E-state index contributed by atoms with van der Waals surface area (Å²) in [7, 11) is 3.47. The highest BCUT2D eigenvalue weighted by atomic mass is 127. The van der Waals surface area contributed by atoms with Gasteiger partial charge in [0, 0.05) is 46.2 Å². The van der Waals surface area contributed by atoms with Crippen LogP contribution in [0.25, 0.3) is 0 Å². The highest BCUT2D eigenvalue weighted by Crippen LogP contribution is 2.27. The third kappa shape index (κ3) is 7.92. The van der Waals surface area contributed by atoms with E-state index in [0.29, 0.717) is 12.5 Å². The zero-order valence-corrected chi connectivity index (χ0v) is 21.1. The standard InChI is InChI=1S/C22H30ClN5O2.HI/c1-27(2)21(29)15-25-22(24-12-11-18-8-6-14-30-18)26-17-7-5-13-28(16-17)20-10-4-3-9-19(20)23;/h3-4,6,8-10,14,17H,5,7,11-13,15-16H2,1-2H3,(H2,24,25,26);1H. The van der Waals surface area contributed by atoms with Crippen molar-refractivity contribution in [3.05, 3.63) is 53.4 Å². The predicted octanol–water partition coefficient (Wildman–Crippen LogP) is 3.39. The van der Waals surface area contributed by atoms with Crippen molar-refractivity contribution in [2.45, 2.75) is 25.3 Å². The summed E-state index contributed by atoms with van der Waals surface area (Å²) in [6.07, 6.45) is 4.50. The molecule has 2 aromatic rings. The third-order valence-corrected chi connectivity index (χ3v) is 5.39. The number of amides is 1. The van der Waals surface area contributed by atoms with Gasteiger partial charge < -0.3 is 24.9 Å². The molecule has 0 radical (unpaired) electrons. The first-order valence-corrected chi connectivity index (χ1v) is 10.7. The van der Waals surface area contributed by atoms with Crippen LogP contribution in [0.4, 0.5) is 5.69 Å². The number of nitrogens with one attached hydrogen (secondary N) is 2. The van der Waals surface area contributed by atoms with Crippen LogP contribution in [0.1, 0.15) is 18.6 Å². The monoisotopic (exact) mass is 559 g/mol. The summed E-state index contributed by atoms with van der Waals surface area (Å²) in [5.74, 6) is 1.51. The molecule has 0 bridgehead atoms. The maximum Gasteiger partial charge on any atom is 0.243 e. The summed E-state index contributed by atoms with van der Waals surface area (Å²) in [6, 6.07) is 12.0. The molecule has 31 heavy (non-hydrogen) atoms. The molecule has 2 N–H and O–H groups in total. The fourth-order valence-electron chi connectivity index (χ4n) is 3.41. The fraction of sp³-hybridized carbons (Fsp3) is 0.455. The molecule has 2 heterocycles. The van der Waals surface area contributed by atoms with Gasteiger partial charge in [-0.3, -0.25) is 4.79 Å². The molecule has 1 aromatic carbocycles. The zero-order chi connectivity index (χ0) is 21.3. The molecule has 170 valence electrons. The van der Waals surface area contributed by atoms with Crippen LogP contribution in [-0.4, -0.2) is 63.1 Å². The van der Waals surface area contributed by atoms with Crippen molar-refractivity contribution < 1.29 is 9.21 Å². The Bertz CT molecular complexity index is 844. The second-order valence-electron chi connectivity index (χ2n) is 7.59. The van der Waals surface area contributed by atoms with Gasteiger partial charge in [0.25, 0.3) is 0 Å². The third-order valence-electron chi connectivity index (χ3n) is 5.07. The Morgan fingerprint density at radius 3 is 2.81 bits per heavy atom. The minimum atomic E-state index is -0.0385. The summed E-state index contributed by atoms with van der Waals surface area (Å²) in [5.41, 5.74) is 1.05. The topological polar surface area (TPSA) is 73.1 Å². The van der Waals surface area contributed by atoms with Crippen molar-refractivity contribution in [1.82, 2.24) is 15.5 Å². The van der Waals surface area contributed by atoms with Gasteiger partial charge in [0.15, 0.2) is 5.96 Å². The molecule has 0 spiro atoms. The zero-order valence-electron chi connectivity index (χ0n) is 18.0. The number of aliphatic imine (C=N–C) groups is 1. The maximum atomic E-state index is 12.0. The fourth-order valence-corrected chi connectivity index (χ4v) is 3.67. The molecule has 1 fully saturated rings. The minimum Gasteiger partial charge on any atom is -0.469 e. The Kier molecular flexibility index (Phi) is 10.5. The van der Waals surface area contributed by atoms with Crippen molar-refractivity contribution in [2.75, 3.05) is 45.2 Å². The minimum absolute atomic E-state index is 0. The van der Waals surface area contributed by atoms with Crippen LogP contribution in [0.3, 0.4) is 0 Å². The number of carbonyl (C=O) groups excluding carboxylic acids is 1. The van der Waals surface area contributed by atoms with Crippen molar-refractivity contribution in [3.63, 3.8) is 0 Å². The van der Waals surface area contributed by atoms with Crippen LogP contribution in [0.15, 0.2) is 52.1 Å². The Labute approximate surface area is 206 Å². The molecular formula is C22H31ClIN5O2. The van der Waals surface area contributed by atoms with E-state index in [0.717, 1.165) is 48.8 Å². The van der Waals surface area contributed by atoms with Crippen LogP contribution in [0.5, 0.6) is 0 Å². The van der Waals surface area contributed by atoms with Gasteiger partial charge in [-0.05, 0) is 37.1 Å².